The van der Waals surface area contributed by atoms with Crippen molar-refractivity contribution in [1.29, 1.82) is 0 Å². The minimum absolute atomic E-state index is 0.923. The average molecular weight is 441 g/mol. The highest BCUT2D eigenvalue weighted by atomic mass is 32.1. The Hall–Kier alpha value is -3.72. The highest BCUT2D eigenvalue weighted by Crippen LogP contribution is 2.53. The molecule has 33 heavy (non-hydrogen) atoms. The molecule has 1 nitrogen and oxygen atoms in total. The van der Waals surface area contributed by atoms with E-state index >= 15 is 0 Å². The van der Waals surface area contributed by atoms with E-state index in [1.54, 1.807) is 0 Å². The van der Waals surface area contributed by atoms with Crippen molar-refractivity contribution in [2.75, 3.05) is 0 Å². The molecule has 2 heteroatoms. The number of hydrogen-bond acceptors (Lipinski definition) is 2. The molecule has 1 N–H and O–H groups in total. The Kier molecular flexibility index (Phi) is 3.93. The molecule has 0 aliphatic heterocycles. The zero-order chi connectivity index (χ0) is 22.0. The van der Waals surface area contributed by atoms with E-state index in [9.17, 15) is 5.11 Å². The average Bonchev–Trinajstić information content (AvgIpc) is 3.39. The Labute approximate surface area is 196 Å². The summed E-state index contributed by atoms with van der Waals surface area (Å²) in [4.78, 5) is 0. The van der Waals surface area contributed by atoms with E-state index < -0.39 is 5.60 Å². The van der Waals surface area contributed by atoms with Gasteiger partial charge in [0.2, 0.25) is 0 Å². The van der Waals surface area contributed by atoms with E-state index in [1.165, 1.54) is 25.7 Å². The first-order valence-corrected chi connectivity index (χ1v) is 12.0. The molecule has 1 aromatic heterocycles. The smallest absolute Gasteiger partial charge is 0.142 e. The molecule has 0 unspecified atom stereocenters. The molecule has 1 aliphatic carbocycles. The molecule has 0 radical (unpaired) electrons. The highest BCUT2D eigenvalue weighted by Gasteiger charge is 2.44. The maximum atomic E-state index is 12.5. The molecular formula is C31H20OS. The van der Waals surface area contributed by atoms with Gasteiger partial charge in [0.15, 0.2) is 0 Å². The Morgan fingerprint density at radius 1 is 0.455 bits per heavy atom. The number of hydrogen-bond donors (Lipinski definition) is 1. The van der Waals surface area contributed by atoms with Crippen LogP contribution in [0.5, 0.6) is 0 Å². The minimum Gasteiger partial charge on any atom is -0.376 e. The van der Waals surface area contributed by atoms with Gasteiger partial charge in [-0.2, -0.15) is 0 Å². The molecule has 156 valence electrons. The second-order valence-corrected chi connectivity index (χ2v) is 9.68. The van der Waals surface area contributed by atoms with Gasteiger partial charge in [0.1, 0.15) is 5.60 Å². The fraction of sp³-hybridized carbons (Fsp3) is 0.0323. The number of aliphatic hydroxyl groups is 1. The molecule has 0 saturated heterocycles. The van der Waals surface area contributed by atoms with E-state index in [4.69, 9.17) is 0 Å². The van der Waals surface area contributed by atoms with Crippen LogP contribution in [0.25, 0.3) is 42.4 Å². The lowest BCUT2D eigenvalue weighted by Crippen LogP contribution is -2.27. The van der Waals surface area contributed by atoms with Gasteiger partial charge in [-0.1, -0.05) is 109 Å². The second kappa shape index (κ2) is 6.89. The number of benzene rings is 5. The number of thiophene rings is 1. The van der Waals surface area contributed by atoms with Crippen LogP contribution in [-0.4, -0.2) is 5.11 Å². The molecule has 0 atom stereocenters. The molecule has 0 fully saturated rings. The molecule has 5 aromatic carbocycles. The Balaban J connectivity index is 1.56. The van der Waals surface area contributed by atoms with Gasteiger partial charge in [0.25, 0.3) is 0 Å². The van der Waals surface area contributed by atoms with Crippen LogP contribution in [0.3, 0.4) is 0 Å². The first-order valence-electron chi connectivity index (χ1n) is 11.2. The predicted molar refractivity (Wildman–Crippen MR) is 139 cm³/mol. The third kappa shape index (κ3) is 2.51. The van der Waals surface area contributed by atoms with Crippen LogP contribution in [0.1, 0.15) is 16.7 Å². The van der Waals surface area contributed by atoms with E-state index in [-0.39, 0.29) is 0 Å². The topological polar surface area (TPSA) is 20.2 Å². The summed E-state index contributed by atoms with van der Waals surface area (Å²) in [5, 5.41) is 15.1. The lowest BCUT2D eigenvalue weighted by atomic mass is 9.80. The summed E-state index contributed by atoms with van der Waals surface area (Å²) in [7, 11) is 0. The van der Waals surface area contributed by atoms with Gasteiger partial charge < -0.3 is 5.11 Å². The van der Waals surface area contributed by atoms with Crippen molar-refractivity contribution in [1.82, 2.24) is 0 Å². The number of rotatable bonds is 2. The Morgan fingerprint density at radius 3 is 1.55 bits per heavy atom. The van der Waals surface area contributed by atoms with Crippen LogP contribution in [0.15, 0.2) is 115 Å². The summed E-state index contributed by atoms with van der Waals surface area (Å²) in [6.07, 6.45) is 0. The summed E-state index contributed by atoms with van der Waals surface area (Å²) >= 11 is 1.82. The third-order valence-corrected chi connectivity index (χ3v) is 8.16. The van der Waals surface area contributed by atoms with Crippen LogP contribution >= 0.6 is 11.3 Å². The van der Waals surface area contributed by atoms with Gasteiger partial charge in [-0.3, -0.25) is 0 Å². The van der Waals surface area contributed by atoms with E-state index in [0.29, 0.717) is 0 Å². The first kappa shape index (κ1) is 18.8. The summed E-state index contributed by atoms with van der Waals surface area (Å²) in [5.74, 6) is 0. The van der Waals surface area contributed by atoms with Gasteiger partial charge in [-0.05, 0) is 28.3 Å². The minimum atomic E-state index is -1.21. The van der Waals surface area contributed by atoms with Crippen molar-refractivity contribution in [2.45, 2.75) is 5.60 Å². The summed E-state index contributed by atoms with van der Waals surface area (Å²) < 4.78 is 2.54. The van der Waals surface area contributed by atoms with Crippen molar-refractivity contribution >= 4 is 31.5 Å². The largest absolute Gasteiger partial charge is 0.376 e. The fourth-order valence-electron chi connectivity index (χ4n) is 5.49. The standard InChI is InChI=1S/C31H20OS/c32-31(26-16-5-1-10-20(26)21-11-2-6-17-27(21)31)28-18-7-3-12-22(28)24-14-9-15-25-23-13-4-8-19-29(23)33-30(24)25/h1-19,32H. The molecule has 6 aromatic rings. The molecule has 1 heterocycles. The SMILES string of the molecule is OC1(c2ccccc2-c2cccc3c2sc2ccccc23)c2ccccc2-c2ccccc21. The third-order valence-electron chi connectivity index (χ3n) is 6.94. The van der Waals surface area contributed by atoms with Crippen LogP contribution < -0.4 is 0 Å². The normalized spacial score (nSPS) is 13.8. The molecular weight excluding hydrogens is 420 g/mol. The molecule has 0 saturated carbocycles. The van der Waals surface area contributed by atoms with E-state index in [2.05, 4.69) is 84.9 Å². The van der Waals surface area contributed by atoms with Crippen LogP contribution in [0.4, 0.5) is 0 Å². The zero-order valence-corrected chi connectivity index (χ0v) is 18.6. The Bertz CT molecular complexity index is 1650. The van der Waals surface area contributed by atoms with Crippen molar-refractivity contribution in [3.63, 3.8) is 0 Å². The quantitative estimate of drug-likeness (QED) is 0.289. The molecule has 0 spiro atoms. The summed E-state index contributed by atoms with van der Waals surface area (Å²) in [5.41, 5.74) is 6.05. The maximum Gasteiger partial charge on any atom is 0.142 e. The van der Waals surface area contributed by atoms with E-state index in [0.717, 1.165) is 33.4 Å². The van der Waals surface area contributed by atoms with E-state index in [1.807, 2.05) is 41.7 Å². The molecule has 1 aliphatic rings. The van der Waals surface area contributed by atoms with Crippen LogP contribution in [0, 0.1) is 0 Å². The lowest BCUT2D eigenvalue weighted by molar-refractivity contribution is 0.131. The van der Waals surface area contributed by atoms with Crippen LogP contribution in [-0.2, 0) is 5.60 Å². The molecule has 0 bridgehead atoms. The van der Waals surface area contributed by atoms with Crippen molar-refractivity contribution in [2.24, 2.45) is 0 Å². The van der Waals surface area contributed by atoms with Gasteiger partial charge in [0, 0.05) is 36.9 Å². The van der Waals surface area contributed by atoms with Gasteiger partial charge >= 0.3 is 0 Å². The van der Waals surface area contributed by atoms with Crippen molar-refractivity contribution in [3.05, 3.63) is 132 Å². The molecule has 0 amide bonds. The van der Waals surface area contributed by atoms with Gasteiger partial charge in [-0.25, -0.2) is 0 Å². The number of fused-ring (bicyclic) bond motifs is 6. The predicted octanol–water partition coefficient (Wildman–Crippen LogP) is 7.99. The molecule has 7 rings (SSSR count). The monoisotopic (exact) mass is 440 g/mol. The Morgan fingerprint density at radius 2 is 0.909 bits per heavy atom. The second-order valence-electron chi connectivity index (χ2n) is 8.63. The zero-order valence-electron chi connectivity index (χ0n) is 17.8. The summed E-state index contributed by atoms with van der Waals surface area (Å²) in [6, 6.07) is 39.9. The first-order chi connectivity index (χ1) is 16.3. The van der Waals surface area contributed by atoms with Gasteiger partial charge in [0.05, 0.1) is 0 Å². The van der Waals surface area contributed by atoms with Crippen molar-refractivity contribution in [3.8, 4) is 22.3 Å². The highest BCUT2D eigenvalue weighted by molar-refractivity contribution is 7.26. The van der Waals surface area contributed by atoms with Crippen molar-refractivity contribution < 1.29 is 5.11 Å². The fourth-order valence-corrected chi connectivity index (χ4v) is 6.73. The lowest BCUT2D eigenvalue weighted by Gasteiger charge is -2.29. The summed E-state index contributed by atoms with van der Waals surface area (Å²) in [6.45, 7) is 0. The van der Waals surface area contributed by atoms with Crippen LogP contribution in [0.2, 0.25) is 0 Å². The maximum absolute atomic E-state index is 12.5. The van der Waals surface area contributed by atoms with Gasteiger partial charge in [-0.15, -0.1) is 11.3 Å².